The van der Waals surface area contributed by atoms with Gasteiger partial charge in [-0.2, -0.15) is 0 Å². The van der Waals surface area contributed by atoms with E-state index in [0.29, 0.717) is 6.10 Å². The summed E-state index contributed by atoms with van der Waals surface area (Å²) in [5.74, 6) is 0. The highest BCUT2D eigenvalue weighted by Gasteiger charge is 2.16. The minimum absolute atomic E-state index is 0.427. The number of hydrogen-bond acceptors (Lipinski definition) is 2. The number of rotatable bonds is 6. The number of nitrogens with zero attached hydrogens (tertiary/aromatic N) is 1. The van der Waals surface area contributed by atoms with Gasteiger partial charge >= 0.3 is 0 Å². The van der Waals surface area contributed by atoms with Crippen LogP contribution in [0.15, 0.2) is 34.9 Å². The number of allylic oxidation sites excluding steroid dienone is 4. The highest BCUT2D eigenvalue weighted by atomic mass is 16.5. The highest BCUT2D eigenvalue weighted by Crippen LogP contribution is 2.16. The van der Waals surface area contributed by atoms with Crippen LogP contribution >= 0.6 is 0 Å². The Morgan fingerprint density at radius 3 is 2.45 bits per heavy atom. The van der Waals surface area contributed by atoms with Crippen LogP contribution in [0.2, 0.25) is 0 Å². The van der Waals surface area contributed by atoms with Gasteiger partial charge in [0.15, 0.2) is 0 Å². The first-order valence-corrected chi connectivity index (χ1v) is 7.86. The maximum Gasteiger partial charge on any atom is 0.0720 e. The maximum absolute atomic E-state index is 6.09. The van der Waals surface area contributed by atoms with E-state index in [0.717, 1.165) is 39.0 Å². The van der Waals surface area contributed by atoms with Crippen LogP contribution in [0.4, 0.5) is 0 Å². The predicted octanol–water partition coefficient (Wildman–Crippen LogP) is 4.35. The molecule has 1 rings (SSSR count). The van der Waals surface area contributed by atoms with E-state index in [9.17, 15) is 0 Å². The number of hydrogen-bond donors (Lipinski definition) is 0. The smallest absolute Gasteiger partial charge is 0.0720 e. The molecule has 0 atom stereocenters. The minimum Gasteiger partial charge on any atom is -0.373 e. The Kier molecular flexibility index (Phi) is 7.86. The van der Waals surface area contributed by atoms with Crippen molar-refractivity contribution in [1.29, 1.82) is 0 Å². The van der Waals surface area contributed by atoms with Gasteiger partial charge in [0.1, 0.15) is 0 Å². The molecule has 0 aromatic heterocycles. The lowest BCUT2D eigenvalue weighted by molar-refractivity contribution is 0.0256. The first-order valence-electron chi connectivity index (χ1n) is 7.86. The van der Waals surface area contributed by atoms with E-state index in [1.165, 1.54) is 16.7 Å². The van der Waals surface area contributed by atoms with E-state index in [4.69, 9.17) is 4.74 Å². The van der Waals surface area contributed by atoms with Crippen molar-refractivity contribution in [2.24, 2.45) is 0 Å². The monoisotopic (exact) mass is 277 g/mol. The summed E-state index contributed by atoms with van der Waals surface area (Å²) in [5.41, 5.74) is 4.09. The van der Waals surface area contributed by atoms with Gasteiger partial charge in [0.2, 0.25) is 0 Å². The Labute approximate surface area is 125 Å². The van der Waals surface area contributed by atoms with Crippen molar-refractivity contribution < 1.29 is 4.74 Å². The van der Waals surface area contributed by atoms with Crippen molar-refractivity contribution >= 4 is 0 Å². The van der Waals surface area contributed by atoms with Crippen molar-refractivity contribution in [3.05, 3.63) is 34.9 Å². The third kappa shape index (κ3) is 6.06. The van der Waals surface area contributed by atoms with Crippen LogP contribution in [0.1, 0.15) is 47.0 Å². The third-order valence-electron chi connectivity index (χ3n) is 4.14. The van der Waals surface area contributed by atoms with Crippen molar-refractivity contribution in [1.82, 2.24) is 4.90 Å². The van der Waals surface area contributed by atoms with E-state index in [-0.39, 0.29) is 0 Å². The number of likely N-dealkylation sites (tertiary alicyclic amines) is 1. The highest BCUT2D eigenvalue weighted by molar-refractivity contribution is 5.32. The molecule has 0 bridgehead atoms. The van der Waals surface area contributed by atoms with Crippen molar-refractivity contribution in [3.63, 3.8) is 0 Å². The minimum atomic E-state index is 0.427. The summed E-state index contributed by atoms with van der Waals surface area (Å²) >= 11 is 0. The molecule has 1 fully saturated rings. The van der Waals surface area contributed by atoms with E-state index in [2.05, 4.69) is 57.9 Å². The van der Waals surface area contributed by atoms with Crippen LogP contribution in [-0.2, 0) is 4.74 Å². The molecule has 0 aromatic rings. The SMILES string of the molecule is C\C=C/C(=C\C(C)=C(/C)CC)COC1CCN(C)CC1. The van der Waals surface area contributed by atoms with E-state index < -0.39 is 0 Å². The lowest BCUT2D eigenvalue weighted by Gasteiger charge is -2.29. The fourth-order valence-electron chi connectivity index (χ4n) is 2.40. The lowest BCUT2D eigenvalue weighted by atomic mass is 10.1. The summed E-state index contributed by atoms with van der Waals surface area (Å²) in [6.45, 7) is 11.7. The zero-order valence-corrected chi connectivity index (χ0v) is 13.9. The van der Waals surface area contributed by atoms with Crippen LogP contribution in [0, 0.1) is 0 Å². The summed E-state index contributed by atoms with van der Waals surface area (Å²) in [5, 5.41) is 0. The van der Waals surface area contributed by atoms with Gasteiger partial charge in [-0.05, 0) is 52.7 Å². The first kappa shape index (κ1) is 17.2. The third-order valence-corrected chi connectivity index (χ3v) is 4.14. The molecular weight excluding hydrogens is 246 g/mol. The molecular formula is C18H31NO. The van der Waals surface area contributed by atoms with E-state index >= 15 is 0 Å². The summed E-state index contributed by atoms with van der Waals surface area (Å²) in [6, 6.07) is 0. The number of ether oxygens (including phenoxy) is 1. The van der Waals surface area contributed by atoms with Gasteiger partial charge in [-0.3, -0.25) is 0 Å². The molecule has 0 unspecified atom stereocenters. The van der Waals surface area contributed by atoms with Crippen LogP contribution in [0.3, 0.4) is 0 Å². The Hall–Kier alpha value is -0.860. The van der Waals surface area contributed by atoms with Crippen LogP contribution in [-0.4, -0.2) is 37.7 Å². The molecule has 0 amide bonds. The van der Waals surface area contributed by atoms with E-state index in [1.807, 2.05) is 0 Å². The van der Waals surface area contributed by atoms with Gasteiger partial charge in [0.05, 0.1) is 12.7 Å². The average Bonchev–Trinajstić information content (AvgIpc) is 2.45. The quantitative estimate of drug-likeness (QED) is 0.669. The number of piperidine rings is 1. The second-order valence-corrected chi connectivity index (χ2v) is 5.85. The fraction of sp³-hybridized carbons (Fsp3) is 0.667. The topological polar surface area (TPSA) is 12.5 Å². The normalized spacial score (nSPS) is 20.6. The standard InChI is InChI=1S/C18H31NO/c1-6-8-17(13-16(4)15(3)7-2)14-20-18-9-11-19(5)12-10-18/h6,8,13,18H,7,9-12,14H2,1-5H3/b8-6-,16-15+,17-13+. The molecule has 0 radical (unpaired) electrons. The molecule has 20 heavy (non-hydrogen) atoms. The zero-order valence-electron chi connectivity index (χ0n) is 13.9. The summed E-state index contributed by atoms with van der Waals surface area (Å²) < 4.78 is 6.09. The van der Waals surface area contributed by atoms with Gasteiger partial charge in [-0.15, -0.1) is 0 Å². The largest absolute Gasteiger partial charge is 0.373 e. The zero-order chi connectivity index (χ0) is 15.0. The molecule has 0 aliphatic carbocycles. The molecule has 0 saturated carbocycles. The molecule has 1 aliphatic heterocycles. The van der Waals surface area contributed by atoms with Crippen molar-refractivity contribution in [2.45, 2.75) is 53.1 Å². The van der Waals surface area contributed by atoms with Gasteiger partial charge in [0.25, 0.3) is 0 Å². The van der Waals surface area contributed by atoms with Crippen LogP contribution < -0.4 is 0 Å². The molecule has 0 aromatic carbocycles. The second-order valence-electron chi connectivity index (χ2n) is 5.85. The van der Waals surface area contributed by atoms with Crippen LogP contribution in [0.5, 0.6) is 0 Å². The van der Waals surface area contributed by atoms with Gasteiger partial charge in [-0.25, -0.2) is 0 Å². The Balaban J connectivity index is 2.57. The maximum atomic E-state index is 6.09. The summed E-state index contributed by atoms with van der Waals surface area (Å²) in [4.78, 5) is 2.38. The molecule has 0 spiro atoms. The van der Waals surface area contributed by atoms with Crippen molar-refractivity contribution in [2.75, 3.05) is 26.7 Å². The molecule has 0 N–H and O–H groups in total. The first-order chi connectivity index (χ1) is 9.56. The van der Waals surface area contributed by atoms with Gasteiger partial charge < -0.3 is 9.64 Å². The lowest BCUT2D eigenvalue weighted by Crippen LogP contribution is -2.34. The van der Waals surface area contributed by atoms with Gasteiger partial charge in [0, 0.05) is 13.1 Å². The Bertz CT molecular complexity index is 371. The average molecular weight is 277 g/mol. The molecule has 1 aliphatic rings. The fourth-order valence-corrected chi connectivity index (χ4v) is 2.40. The van der Waals surface area contributed by atoms with E-state index in [1.54, 1.807) is 0 Å². The molecule has 2 nitrogen and oxygen atoms in total. The van der Waals surface area contributed by atoms with Crippen LogP contribution in [0.25, 0.3) is 0 Å². The molecule has 114 valence electrons. The molecule has 2 heteroatoms. The summed E-state index contributed by atoms with van der Waals surface area (Å²) in [7, 11) is 2.18. The predicted molar refractivity (Wildman–Crippen MR) is 88.0 cm³/mol. The molecule has 1 heterocycles. The Morgan fingerprint density at radius 1 is 1.25 bits per heavy atom. The summed E-state index contributed by atoms with van der Waals surface area (Å²) in [6.07, 6.45) is 10.4. The van der Waals surface area contributed by atoms with Crippen molar-refractivity contribution in [3.8, 4) is 0 Å². The van der Waals surface area contributed by atoms with Gasteiger partial charge in [-0.1, -0.05) is 36.3 Å². The second kappa shape index (κ2) is 9.15. The molecule has 1 saturated heterocycles. The Morgan fingerprint density at radius 2 is 1.90 bits per heavy atom.